The molecule has 6 nitrogen and oxygen atoms in total. The molecule has 1 amide bonds. The minimum Gasteiger partial charge on any atom is -0.476 e. The lowest BCUT2D eigenvalue weighted by atomic mass is 9.86. The van der Waals surface area contributed by atoms with Crippen LogP contribution in [0.5, 0.6) is 0 Å². The van der Waals surface area contributed by atoms with Crippen molar-refractivity contribution in [1.29, 1.82) is 0 Å². The van der Waals surface area contributed by atoms with Crippen LogP contribution >= 0.6 is 0 Å². The second-order valence-electron chi connectivity index (χ2n) is 7.47. The SMILES string of the molecule is CCC(=O)CC1(C(=O)O)C=CN(C(=O)C(C)(C)C)C[N+]1(C)C. The van der Waals surface area contributed by atoms with Crippen molar-refractivity contribution in [2.24, 2.45) is 5.41 Å². The number of aliphatic carboxylic acids is 1. The average molecular weight is 311 g/mol. The van der Waals surface area contributed by atoms with E-state index in [2.05, 4.69) is 0 Å². The Balaban J connectivity index is 3.25. The number of carboxylic acid groups (broad SMARTS) is 1. The third-order valence-corrected chi connectivity index (χ3v) is 4.25. The molecule has 124 valence electrons. The van der Waals surface area contributed by atoms with Crippen LogP contribution in [0.3, 0.4) is 0 Å². The Kier molecular flexibility index (Phi) is 4.87. The standard InChI is InChI=1S/C16H26N2O4/c1-7-12(19)10-16(14(21)22)8-9-17(11-18(16,5)6)13(20)15(2,3)4/h8-9H,7,10-11H2,1-6H3/p+1. The predicted octanol–water partition coefficient (Wildman–Crippen LogP) is 1.61. The lowest BCUT2D eigenvalue weighted by Gasteiger charge is -2.48. The van der Waals surface area contributed by atoms with Crippen LogP contribution in [0.1, 0.15) is 40.5 Å². The van der Waals surface area contributed by atoms with Crippen LogP contribution in [0.2, 0.25) is 0 Å². The molecule has 1 aliphatic rings. The number of likely N-dealkylation sites (N-methyl/N-ethyl adjacent to an activating group) is 1. The van der Waals surface area contributed by atoms with E-state index in [-0.39, 0.29) is 29.3 Å². The number of nitrogens with zero attached hydrogens (tertiary/aromatic N) is 2. The summed E-state index contributed by atoms with van der Waals surface area (Å²) >= 11 is 0. The Morgan fingerprint density at radius 3 is 2.18 bits per heavy atom. The maximum Gasteiger partial charge on any atom is 0.370 e. The molecule has 0 aromatic rings. The predicted molar refractivity (Wildman–Crippen MR) is 82.7 cm³/mol. The van der Waals surface area contributed by atoms with Crippen LogP contribution in [-0.4, -0.2) is 58.5 Å². The highest BCUT2D eigenvalue weighted by Gasteiger charge is 2.55. The molecule has 0 saturated carbocycles. The van der Waals surface area contributed by atoms with Gasteiger partial charge in [-0.3, -0.25) is 19.0 Å². The van der Waals surface area contributed by atoms with Crippen LogP contribution in [-0.2, 0) is 14.4 Å². The van der Waals surface area contributed by atoms with E-state index < -0.39 is 16.9 Å². The largest absolute Gasteiger partial charge is 0.476 e. The van der Waals surface area contributed by atoms with Crippen LogP contribution in [0.25, 0.3) is 0 Å². The van der Waals surface area contributed by atoms with Gasteiger partial charge in [-0.2, -0.15) is 0 Å². The molecule has 1 atom stereocenters. The number of carbonyl (C=O) groups is 3. The Labute approximate surface area is 132 Å². The van der Waals surface area contributed by atoms with Crippen LogP contribution in [0.15, 0.2) is 12.3 Å². The molecule has 1 heterocycles. The van der Waals surface area contributed by atoms with E-state index in [4.69, 9.17) is 0 Å². The second-order valence-corrected chi connectivity index (χ2v) is 7.47. The first-order valence-corrected chi connectivity index (χ1v) is 7.46. The summed E-state index contributed by atoms with van der Waals surface area (Å²) in [6.07, 6.45) is 3.25. The van der Waals surface area contributed by atoms with Crippen LogP contribution < -0.4 is 0 Å². The topological polar surface area (TPSA) is 74.7 Å². The highest BCUT2D eigenvalue weighted by atomic mass is 16.4. The molecule has 1 N–H and O–H groups in total. The zero-order valence-corrected chi connectivity index (χ0v) is 14.3. The molecule has 0 spiro atoms. The molecule has 1 unspecified atom stereocenters. The van der Waals surface area contributed by atoms with E-state index in [1.165, 1.54) is 17.2 Å². The number of quaternary nitrogens is 1. The summed E-state index contributed by atoms with van der Waals surface area (Å²) in [7, 11) is 3.48. The summed E-state index contributed by atoms with van der Waals surface area (Å²) in [6, 6.07) is 0. The first-order valence-electron chi connectivity index (χ1n) is 7.46. The normalized spacial score (nSPS) is 24.2. The molecule has 22 heavy (non-hydrogen) atoms. The summed E-state index contributed by atoms with van der Waals surface area (Å²) in [5.74, 6) is -1.22. The van der Waals surface area contributed by atoms with E-state index in [0.717, 1.165) is 0 Å². The number of carbonyl (C=O) groups excluding carboxylic acids is 2. The van der Waals surface area contributed by atoms with Gasteiger partial charge in [0, 0.05) is 24.1 Å². The van der Waals surface area contributed by atoms with Gasteiger partial charge in [0.25, 0.3) is 0 Å². The molecule has 0 saturated heterocycles. The third-order valence-electron chi connectivity index (χ3n) is 4.25. The number of hydrogen-bond acceptors (Lipinski definition) is 3. The van der Waals surface area contributed by atoms with Crippen molar-refractivity contribution in [1.82, 2.24) is 4.90 Å². The van der Waals surface area contributed by atoms with Gasteiger partial charge in [0.1, 0.15) is 5.78 Å². The number of ketones is 1. The Bertz CT molecular complexity index is 517. The van der Waals surface area contributed by atoms with Crippen molar-refractivity contribution in [3.05, 3.63) is 12.3 Å². The molecule has 1 rings (SSSR count). The van der Waals surface area contributed by atoms with Gasteiger partial charge < -0.3 is 5.11 Å². The van der Waals surface area contributed by atoms with Crippen molar-refractivity contribution in [3.63, 3.8) is 0 Å². The van der Waals surface area contributed by atoms with Gasteiger partial charge in [-0.1, -0.05) is 27.7 Å². The molecule has 0 radical (unpaired) electrons. The molecule has 6 heteroatoms. The smallest absolute Gasteiger partial charge is 0.370 e. The first-order chi connectivity index (χ1) is 9.87. The van der Waals surface area contributed by atoms with Gasteiger partial charge in [-0.25, -0.2) is 4.79 Å². The lowest BCUT2D eigenvalue weighted by Crippen LogP contribution is -2.69. The third kappa shape index (κ3) is 3.21. The maximum atomic E-state index is 12.4. The average Bonchev–Trinajstić information content (AvgIpc) is 2.38. The second kappa shape index (κ2) is 5.83. The van der Waals surface area contributed by atoms with Crippen molar-refractivity contribution < 1.29 is 24.0 Å². The fourth-order valence-electron chi connectivity index (χ4n) is 2.64. The fraction of sp³-hybridized carbons (Fsp3) is 0.688. The van der Waals surface area contributed by atoms with E-state index in [9.17, 15) is 19.5 Å². The molecule has 1 aliphatic heterocycles. The van der Waals surface area contributed by atoms with Gasteiger partial charge in [-0.15, -0.1) is 0 Å². The molecular weight excluding hydrogens is 284 g/mol. The van der Waals surface area contributed by atoms with Gasteiger partial charge >= 0.3 is 5.97 Å². The highest BCUT2D eigenvalue weighted by molar-refractivity contribution is 5.90. The van der Waals surface area contributed by atoms with Gasteiger partial charge in [0.15, 0.2) is 6.67 Å². The quantitative estimate of drug-likeness (QED) is 0.801. The summed E-state index contributed by atoms with van der Waals surface area (Å²) in [5, 5.41) is 9.73. The maximum absolute atomic E-state index is 12.4. The molecule has 0 aliphatic carbocycles. The number of amides is 1. The van der Waals surface area contributed by atoms with Crippen molar-refractivity contribution >= 4 is 17.7 Å². The van der Waals surface area contributed by atoms with E-state index >= 15 is 0 Å². The fourth-order valence-corrected chi connectivity index (χ4v) is 2.64. The van der Waals surface area contributed by atoms with Crippen molar-refractivity contribution in [2.75, 3.05) is 20.8 Å². The number of rotatable bonds is 4. The number of hydrogen-bond donors (Lipinski definition) is 1. The van der Waals surface area contributed by atoms with E-state index in [0.29, 0.717) is 6.42 Å². The molecular formula is C16H27N2O4+. The van der Waals surface area contributed by atoms with Crippen LogP contribution in [0, 0.1) is 5.41 Å². The van der Waals surface area contributed by atoms with Gasteiger partial charge in [0.05, 0.1) is 20.5 Å². The zero-order chi connectivity index (χ0) is 17.3. The minimum absolute atomic E-state index is 0.0202. The Morgan fingerprint density at radius 1 is 1.27 bits per heavy atom. The van der Waals surface area contributed by atoms with Crippen LogP contribution in [0.4, 0.5) is 0 Å². The lowest BCUT2D eigenvalue weighted by molar-refractivity contribution is -0.934. The molecule has 0 fully saturated rings. The van der Waals surface area contributed by atoms with E-state index in [1.54, 1.807) is 21.0 Å². The van der Waals surface area contributed by atoms with Crippen molar-refractivity contribution in [2.45, 2.75) is 46.1 Å². The Morgan fingerprint density at radius 2 is 1.82 bits per heavy atom. The monoisotopic (exact) mass is 311 g/mol. The van der Waals surface area contributed by atoms with Crippen molar-refractivity contribution in [3.8, 4) is 0 Å². The van der Waals surface area contributed by atoms with Gasteiger partial charge in [0.2, 0.25) is 11.4 Å². The summed E-state index contributed by atoms with van der Waals surface area (Å²) in [6.45, 7) is 7.41. The zero-order valence-electron chi connectivity index (χ0n) is 14.3. The summed E-state index contributed by atoms with van der Waals surface area (Å²) in [4.78, 5) is 37.7. The first kappa shape index (κ1) is 18.4. The van der Waals surface area contributed by atoms with E-state index in [1.807, 2.05) is 20.8 Å². The minimum atomic E-state index is -1.33. The molecule has 0 aromatic carbocycles. The summed E-state index contributed by atoms with van der Waals surface area (Å²) in [5.41, 5.74) is -1.88. The van der Waals surface area contributed by atoms with Gasteiger partial charge in [-0.05, 0) is 0 Å². The molecule has 0 bridgehead atoms. The number of Topliss-reactive ketones (excluding diaryl/α,β-unsaturated/α-hetero) is 1. The summed E-state index contributed by atoms with van der Waals surface area (Å²) < 4.78 is 0.0202. The highest BCUT2D eigenvalue weighted by Crippen LogP contribution is 2.33. The molecule has 0 aromatic heterocycles. The Hall–Kier alpha value is -1.69. The number of carboxylic acids is 1.